The number of nitrogens with one attached hydrogen (secondary N) is 1. The molecule has 0 saturated carbocycles. The van der Waals surface area contributed by atoms with E-state index in [9.17, 15) is 10.1 Å². The number of rotatable bonds is 5. The molecule has 0 saturated heterocycles. The summed E-state index contributed by atoms with van der Waals surface area (Å²) in [5.41, 5.74) is 3.80. The predicted molar refractivity (Wildman–Crippen MR) is 59.3 cm³/mol. The van der Waals surface area contributed by atoms with Gasteiger partial charge in [0.15, 0.2) is 0 Å². The summed E-state index contributed by atoms with van der Waals surface area (Å²) in [6.07, 6.45) is 0.958. The van der Waals surface area contributed by atoms with Crippen LogP contribution in [0.1, 0.15) is 6.92 Å². The van der Waals surface area contributed by atoms with Crippen molar-refractivity contribution >= 4 is 17.5 Å². The van der Waals surface area contributed by atoms with E-state index in [-0.39, 0.29) is 17.5 Å². The Bertz CT molecular complexity index is 420. The molecule has 9 nitrogen and oxygen atoms in total. The van der Waals surface area contributed by atoms with Crippen LogP contribution in [0.2, 0.25) is 0 Å². The van der Waals surface area contributed by atoms with Gasteiger partial charge in [-0.2, -0.15) is 4.98 Å². The summed E-state index contributed by atoms with van der Waals surface area (Å²) in [7, 11) is 0. The Balaban J connectivity index is 3.12. The second kappa shape index (κ2) is 4.89. The lowest BCUT2D eigenvalue weighted by Crippen LogP contribution is -2.43. The molecule has 9 heteroatoms. The van der Waals surface area contributed by atoms with Crippen LogP contribution in [0.4, 0.5) is 17.5 Å². The molecule has 0 atom stereocenters. The zero-order valence-corrected chi connectivity index (χ0v) is 9.12. The molecule has 17 heavy (non-hydrogen) atoms. The average Bonchev–Trinajstić information content (AvgIpc) is 2.28. The van der Waals surface area contributed by atoms with E-state index in [0.717, 1.165) is 6.20 Å². The van der Waals surface area contributed by atoms with Crippen molar-refractivity contribution in [3.63, 3.8) is 0 Å². The van der Waals surface area contributed by atoms with Gasteiger partial charge in [-0.05, 0) is 6.92 Å². The van der Waals surface area contributed by atoms with Crippen molar-refractivity contribution in [1.29, 1.82) is 0 Å². The van der Waals surface area contributed by atoms with Gasteiger partial charge in [-0.3, -0.25) is 10.1 Å². The molecule has 1 rings (SSSR count). The second-order valence-corrected chi connectivity index (χ2v) is 3.72. The first-order valence-corrected chi connectivity index (χ1v) is 4.68. The van der Waals surface area contributed by atoms with Gasteiger partial charge in [-0.1, -0.05) is 0 Å². The lowest BCUT2D eigenvalue weighted by molar-refractivity contribution is -0.384. The van der Waals surface area contributed by atoms with Gasteiger partial charge >= 0.3 is 5.69 Å². The summed E-state index contributed by atoms with van der Waals surface area (Å²) < 4.78 is 0. The van der Waals surface area contributed by atoms with Gasteiger partial charge < -0.3 is 21.3 Å². The molecule has 0 spiro atoms. The highest BCUT2D eigenvalue weighted by Gasteiger charge is 2.27. The fraction of sp³-hybridized carbons (Fsp3) is 0.500. The summed E-state index contributed by atoms with van der Waals surface area (Å²) in [5.74, 6) is -0.288. The molecule has 94 valence electrons. The minimum atomic E-state index is -1.13. The summed E-state index contributed by atoms with van der Waals surface area (Å²) in [4.78, 5) is 17.2. The van der Waals surface area contributed by atoms with Crippen molar-refractivity contribution < 1.29 is 15.1 Å². The third-order valence-corrected chi connectivity index (χ3v) is 2.10. The van der Waals surface area contributed by atoms with Gasteiger partial charge in [0.25, 0.3) is 0 Å². The molecule has 1 aromatic rings. The molecule has 0 aromatic carbocycles. The molecule has 1 heterocycles. The Kier molecular flexibility index (Phi) is 3.76. The van der Waals surface area contributed by atoms with Crippen LogP contribution in [-0.4, -0.2) is 43.9 Å². The third-order valence-electron chi connectivity index (χ3n) is 2.10. The number of aromatic nitrogens is 2. The van der Waals surface area contributed by atoms with E-state index in [2.05, 4.69) is 15.3 Å². The molecule has 1 aromatic heterocycles. The summed E-state index contributed by atoms with van der Waals surface area (Å²) in [6, 6.07) is 0. The Labute approximate surface area is 96.5 Å². The first-order valence-electron chi connectivity index (χ1n) is 4.68. The topological polar surface area (TPSA) is 147 Å². The molecule has 0 unspecified atom stereocenters. The number of nitrogens with two attached hydrogens (primary N) is 1. The highest BCUT2D eigenvalue weighted by Crippen LogP contribution is 2.24. The van der Waals surface area contributed by atoms with Crippen molar-refractivity contribution in [2.24, 2.45) is 0 Å². The molecule has 0 fully saturated rings. The van der Waals surface area contributed by atoms with Gasteiger partial charge in [0.2, 0.25) is 11.8 Å². The van der Waals surface area contributed by atoms with Gasteiger partial charge in [-0.15, -0.1) is 0 Å². The Hall–Kier alpha value is -2.00. The number of anilines is 2. The Morgan fingerprint density at radius 2 is 2.18 bits per heavy atom. The highest BCUT2D eigenvalue weighted by atomic mass is 16.6. The summed E-state index contributed by atoms with van der Waals surface area (Å²) in [5, 5.41) is 31.4. The molecule has 0 aliphatic heterocycles. The van der Waals surface area contributed by atoms with E-state index in [1.807, 2.05) is 0 Å². The SMILES string of the molecule is CC(CO)(CO)Nc1nc(N)ncc1[N+](=O)[O-]. The number of hydrogen-bond acceptors (Lipinski definition) is 8. The van der Waals surface area contributed by atoms with Gasteiger partial charge in [0, 0.05) is 0 Å². The molecular formula is C8H13N5O4. The summed E-state index contributed by atoms with van der Waals surface area (Å²) >= 11 is 0. The van der Waals surface area contributed by atoms with E-state index < -0.39 is 23.7 Å². The molecule has 0 amide bonds. The third kappa shape index (κ3) is 2.98. The van der Waals surface area contributed by atoms with E-state index in [4.69, 9.17) is 15.9 Å². The monoisotopic (exact) mass is 243 g/mol. The molecule has 0 bridgehead atoms. The molecule has 0 aliphatic rings. The van der Waals surface area contributed by atoms with E-state index in [0.29, 0.717) is 0 Å². The highest BCUT2D eigenvalue weighted by molar-refractivity contribution is 5.57. The second-order valence-electron chi connectivity index (χ2n) is 3.72. The number of nitrogens with zero attached hydrogens (tertiary/aromatic N) is 3. The Morgan fingerprint density at radius 1 is 1.59 bits per heavy atom. The van der Waals surface area contributed by atoms with E-state index >= 15 is 0 Å². The van der Waals surface area contributed by atoms with Crippen molar-refractivity contribution in [3.05, 3.63) is 16.3 Å². The zero-order valence-electron chi connectivity index (χ0n) is 9.12. The fourth-order valence-corrected chi connectivity index (χ4v) is 1.03. The van der Waals surface area contributed by atoms with Crippen molar-refractivity contribution in [2.45, 2.75) is 12.5 Å². The van der Waals surface area contributed by atoms with Gasteiger partial charge in [0.05, 0.1) is 23.7 Å². The standard InChI is InChI=1S/C8H13N5O4/c1-8(3-14,4-15)12-6-5(13(16)17)2-10-7(9)11-6/h2,14-15H,3-4H2,1H3,(H3,9,10,11,12). The largest absolute Gasteiger partial charge is 0.394 e. The van der Waals surface area contributed by atoms with Gasteiger partial charge in [0.1, 0.15) is 6.20 Å². The lowest BCUT2D eigenvalue weighted by atomic mass is 10.1. The Morgan fingerprint density at radius 3 is 2.65 bits per heavy atom. The summed E-state index contributed by atoms with van der Waals surface area (Å²) in [6.45, 7) is 0.629. The average molecular weight is 243 g/mol. The van der Waals surface area contributed by atoms with E-state index in [1.165, 1.54) is 6.92 Å². The van der Waals surface area contributed by atoms with Crippen LogP contribution in [0.25, 0.3) is 0 Å². The number of aliphatic hydroxyl groups excluding tert-OH is 2. The van der Waals surface area contributed by atoms with Crippen LogP contribution in [0, 0.1) is 10.1 Å². The zero-order chi connectivity index (χ0) is 13.1. The van der Waals surface area contributed by atoms with Crippen LogP contribution in [-0.2, 0) is 0 Å². The van der Waals surface area contributed by atoms with Crippen LogP contribution in [0.5, 0.6) is 0 Å². The number of aliphatic hydroxyl groups is 2. The van der Waals surface area contributed by atoms with Crippen LogP contribution in [0.15, 0.2) is 6.20 Å². The number of nitrogen functional groups attached to an aromatic ring is 1. The predicted octanol–water partition coefficient (Wildman–Crippen LogP) is -0.878. The first-order chi connectivity index (χ1) is 7.91. The minimum absolute atomic E-state index is 0.142. The quantitative estimate of drug-likeness (QED) is 0.385. The molecule has 0 radical (unpaired) electrons. The molecule has 0 aliphatic carbocycles. The normalized spacial score (nSPS) is 11.2. The van der Waals surface area contributed by atoms with Crippen molar-refractivity contribution in [1.82, 2.24) is 9.97 Å². The van der Waals surface area contributed by atoms with E-state index in [1.54, 1.807) is 0 Å². The maximum Gasteiger partial charge on any atom is 0.329 e. The lowest BCUT2D eigenvalue weighted by Gasteiger charge is -2.26. The van der Waals surface area contributed by atoms with Gasteiger partial charge in [-0.25, -0.2) is 4.98 Å². The fourth-order valence-electron chi connectivity index (χ4n) is 1.03. The molecular weight excluding hydrogens is 230 g/mol. The maximum atomic E-state index is 10.7. The number of hydrogen-bond donors (Lipinski definition) is 4. The number of nitro groups is 1. The molecule has 5 N–H and O–H groups in total. The minimum Gasteiger partial charge on any atom is -0.394 e. The van der Waals surface area contributed by atoms with Crippen LogP contribution in [0.3, 0.4) is 0 Å². The van der Waals surface area contributed by atoms with Crippen LogP contribution < -0.4 is 11.1 Å². The first kappa shape index (κ1) is 13.1. The van der Waals surface area contributed by atoms with Crippen molar-refractivity contribution in [2.75, 3.05) is 24.3 Å². The van der Waals surface area contributed by atoms with Crippen LogP contribution >= 0.6 is 0 Å². The van der Waals surface area contributed by atoms with Crippen molar-refractivity contribution in [3.8, 4) is 0 Å². The maximum absolute atomic E-state index is 10.7. The smallest absolute Gasteiger partial charge is 0.329 e.